The van der Waals surface area contributed by atoms with Crippen LogP contribution in [0.3, 0.4) is 0 Å². The molecule has 5 heteroatoms. The molecular weight excluding hydrogens is 260 g/mol. The Kier molecular flexibility index (Phi) is 4.39. The van der Waals surface area contributed by atoms with Crippen LogP contribution in [0, 0.1) is 6.92 Å². The van der Waals surface area contributed by atoms with Crippen LogP contribution in [0.25, 0.3) is 0 Å². The van der Waals surface area contributed by atoms with Gasteiger partial charge >= 0.3 is 0 Å². The lowest BCUT2D eigenvalue weighted by Gasteiger charge is -2.33. The normalized spacial score (nSPS) is 18.4. The van der Waals surface area contributed by atoms with Crippen molar-refractivity contribution in [2.45, 2.75) is 11.8 Å². The minimum absolute atomic E-state index is 0.385. The second-order valence-electron chi connectivity index (χ2n) is 4.81. The largest absolute Gasteiger partial charge is 0.297 e. The number of hydrogen-bond acceptors (Lipinski definition) is 3. The van der Waals surface area contributed by atoms with Crippen molar-refractivity contribution in [2.75, 3.05) is 32.7 Å². The number of sulfonamides is 1. The molecule has 1 aromatic carbocycles. The van der Waals surface area contributed by atoms with Crippen LogP contribution in [0.4, 0.5) is 0 Å². The van der Waals surface area contributed by atoms with Gasteiger partial charge in [0.2, 0.25) is 10.0 Å². The zero-order valence-electron chi connectivity index (χ0n) is 11.2. The van der Waals surface area contributed by atoms with Crippen LogP contribution in [0.15, 0.2) is 41.8 Å². The average molecular weight is 280 g/mol. The van der Waals surface area contributed by atoms with Gasteiger partial charge in [-0.3, -0.25) is 4.90 Å². The number of aryl methyl sites for hydroxylation is 1. The van der Waals surface area contributed by atoms with Gasteiger partial charge in [-0.05, 0) is 19.1 Å². The van der Waals surface area contributed by atoms with Crippen LogP contribution in [-0.2, 0) is 10.0 Å². The summed E-state index contributed by atoms with van der Waals surface area (Å²) in [4.78, 5) is 2.59. The molecule has 19 heavy (non-hydrogen) atoms. The first-order chi connectivity index (χ1) is 9.04. The lowest BCUT2D eigenvalue weighted by atomic mass is 10.2. The third kappa shape index (κ3) is 3.23. The molecule has 0 amide bonds. The highest BCUT2D eigenvalue weighted by atomic mass is 32.2. The van der Waals surface area contributed by atoms with E-state index in [9.17, 15) is 8.42 Å². The number of benzene rings is 1. The van der Waals surface area contributed by atoms with Crippen LogP contribution in [0.2, 0.25) is 0 Å². The summed E-state index contributed by atoms with van der Waals surface area (Å²) in [5, 5.41) is 0. The highest BCUT2D eigenvalue weighted by Crippen LogP contribution is 2.18. The monoisotopic (exact) mass is 280 g/mol. The molecule has 2 rings (SSSR count). The molecule has 0 spiro atoms. The third-order valence-corrected chi connectivity index (χ3v) is 5.29. The van der Waals surface area contributed by atoms with Gasteiger partial charge < -0.3 is 0 Å². The summed E-state index contributed by atoms with van der Waals surface area (Å²) in [5.41, 5.74) is 1.06. The van der Waals surface area contributed by atoms with Crippen molar-refractivity contribution in [1.29, 1.82) is 0 Å². The standard InChI is InChI=1S/C14H20N2O2S/c1-3-8-15-9-11-16(12-10-15)19(17,18)14-6-4-13(2)5-7-14/h3-7H,1,8-12H2,2H3. The van der Waals surface area contributed by atoms with Crippen LogP contribution in [-0.4, -0.2) is 50.3 Å². The van der Waals surface area contributed by atoms with Crippen molar-refractivity contribution in [3.63, 3.8) is 0 Å². The number of nitrogens with zero attached hydrogens (tertiary/aromatic N) is 2. The molecule has 4 nitrogen and oxygen atoms in total. The first-order valence-electron chi connectivity index (χ1n) is 6.44. The van der Waals surface area contributed by atoms with E-state index in [0.29, 0.717) is 18.0 Å². The third-order valence-electron chi connectivity index (χ3n) is 3.38. The van der Waals surface area contributed by atoms with Gasteiger partial charge in [-0.25, -0.2) is 8.42 Å². The SMILES string of the molecule is C=CCN1CCN(S(=O)(=O)c2ccc(C)cc2)CC1. The molecule has 1 heterocycles. The van der Waals surface area contributed by atoms with Crippen LogP contribution < -0.4 is 0 Å². The summed E-state index contributed by atoms with van der Waals surface area (Å²) in [6.07, 6.45) is 1.85. The molecule has 104 valence electrons. The highest BCUT2D eigenvalue weighted by molar-refractivity contribution is 7.89. The molecule has 1 aromatic rings. The van der Waals surface area contributed by atoms with E-state index < -0.39 is 10.0 Å². The Hall–Kier alpha value is -1.17. The van der Waals surface area contributed by atoms with Crippen LogP contribution in [0.1, 0.15) is 5.56 Å². The van der Waals surface area contributed by atoms with Crippen molar-refractivity contribution in [3.8, 4) is 0 Å². The fourth-order valence-electron chi connectivity index (χ4n) is 2.19. The van der Waals surface area contributed by atoms with E-state index in [0.717, 1.165) is 25.2 Å². The topological polar surface area (TPSA) is 40.6 Å². The van der Waals surface area contributed by atoms with Crippen molar-refractivity contribution in [1.82, 2.24) is 9.21 Å². The Morgan fingerprint density at radius 3 is 2.26 bits per heavy atom. The van der Waals surface area contributed by atoms with Gasteiger partial charge in [0, 0.05) is 32.7 Å². The Labute approximate surface area is 115 Å². The lowest BCUT2D eigenvalue weighted by molar-refractivity contribution is 0.204. The minimum atomic E-state index is -3.34. The molecule has 1 aliphatic heterocycles. The van der Waals surface area contributed by atoms with E-state index in [1.54, 1.807) is 16.4 Å². The van der Waals surface area contributed by atoms with Crippen molar-refractivity contribution < 1.29 is 8.42 Å². The summed E-state index contributed by atoms with van der Waals surface area (Å²) in [7, 11) is -3.34. The van der Waals surface area contributed by atoms with Crippen molar-refractivity contribution in [3.05, 3.63) is 42.5 Å². The summed E-state index contributed by atoms with van der Waals surface area (Å²) in [5.74, 6) is 0. The van der Waals surface area contributed by atoms with E-state index in [1.165, 1.54) is 0 Å². The maximum absolute atomic E-state index is 12.5. The van der Waals surface area contributed by atoms with E-state index >= 15 is 0 Å². The van der Waals surface area contributed by atoms with Crippen LogP contribution in [0.5, 0.6) is 0 Å². The van der Waals surface area contributed by atoms with Crippen LogP contribution >= 0.6 is 0 Å². The zero-order valence-corrected chi connectivity index (χ0v) is 12.1. The zero-order chi connectivity index (χ0) is 13.9. The number of piperazine rings is 1. The highest BCUT2D eigenvalue weighted by Gasteiger charge is 2.27. The Balaban J connectivity index is 2.09. The van der Waals surface area contributed by atoms with E-state index in [2.05, 4.69) is 11.5 Å². The van der Waals surface area contributed by atoms with Gasteiger partial charge in [-0.15, -0.1) is 6.58 Å². The molecule has 0 saturated carbocycles. The molecule has 1 fully saturated rings. The molecule has 1 aliphatic rings. The average Bonchev–Trinajstić information content (AvgIpc) is 2.40. The van der Waals surface area contributed by atoms with E-state index in [-0.39, 0.29) is 0 Å². The molecular formula is C14H20N2O2S. The molecule has 0 radical (unpaired) electrons. The van der Waals surface area contributed by atoms with E-state index in [4.69, 9.17) is 0 Å². The first kappa shape index (κ1) is 14.2. The molecule has 1 saturated heterocycles. The molecule has 0 unspecified atom stereocenters. The van der Waals surface area contributed by atoms with Gasteiger partial charge in [0.1, 0.15) is 0 Å². The predicted molar refractivity (Wildman–Crippen MR) is 76.6 cm³/mol. The summed E-state index contributed by atoms with van der Waals surface area (Å²) < 4.78 is 26.5. The second-order valence-corrected chi connectivity index (χ2v) is 6.74. The molecule has 0 aliphatic carbocycles. The van der Waals surface area contributed by atoms with Crippen molar-refractivity contribution in [2.24, 2.45) is 0 Å². The lowest BCUT2D eigenvalue weighted by Crippen LogP contribution is -2.48. The fraction of sp³-hybridized carbons (Fsp3) is 0.429. The molecule has 0 atom stereocenters. The maximum atomic E-state index is 12.5. The summed E-state index contributed by atoms with van der Waals surface area (Å²) in [6, 6.07) is 7.03. The minimum Gasteiger partial charge on any atom is -0.297 e. The van der Waals surface area contributed by atoms with E-state index in [1.807, 2.05) is 25.1 Å². The smallest absolute Gasteiger partial charge is 0.243 e. The van der Waals surface area contributed by atoms with Gasteiger partial charge in [0.15, 0.2) is 0 Å². The Morgan fingerprint density at radius 1 is 1.16 bits per heavy atom. The van der Waals surface area contributed by atoms with Gasteiger partial charge in [-0.1, -0.05) is 23.8 Å². The molecule has 0 N–H and O–H groups in total. The number of hydrogen-bond donors (Lipinski definition) is 0. The molecule has 0 bridgehead atoms. The van der Waals surface area contributed by atoms with Gasteiger partial charge in [0.25, 0.3) is 0 Å². The Bertz CT molecular complexity index is 529. The predicted octanol–water partition coefficient (Wildman–Crippen LogP) is 1.49. The Morgan fingerprint density at radius 2 is 1.74 bits per heavy atom. The van der Waals surface area contributed by atoms with Gasteiger partial charge in [-0.2, -0.15) is 4.31 Å². The quantitative estimate of drug-likeness (QED) is 0.785. The first-order valence-corrected chi connectivity index (χ1v) is 7.88. The summed E-state index contributed by atoms with van der Waals surface area (Å²) in [6.45, 7) is 9.09. The molecule has 0 aromatic heterocycles. The maximum Gasteiger partial charge on any atom is 0.243 e. The van der Waals surface area contributed by atoms with Gasteiger partial charge in [0.05, 0.1) is 4.90 Å². The fourth-order valence-corrected chi connectivity index (χ4v) is 3.62. The van der Waals surface area contributed by atoms with Crippen molar-refractivity contribution >= 4 is 10.0 Å². The number of rotatable bonds is 4. The second kappa shape index (κ2) is 5.86. The summed E-state index contributed by atoms with van der Waals surface area (Å²) >= 11 is 0.